The number of amides is 2. The van der Waals surface area contributed by atoms with Gasteiger partial charge in [-0.25, -0.2) is 0 Å². The number of hydrogen-bond acceptors (Lipinski definition) is 2. The van der Waals surface area contributed by atoms with E-state index in [9.17, 15) is 9.59 Å². The normalized spacial score (nSPS) is 16.1. The van der Waals surface area contributed by atoms with Crippen molar-refractivity contribution in [2.24, 2.45) is 0 Å². The van der Waals surface area contributed by atoms with Crippen molar-refractivity contribution in [1.29, 1.82) is 0 Å². The number of benzene rings is 2. The molecule has 4 nitrogen and oxygen atoms in total. The highest BCUT2D eigenvalue weighted by molar-refractivity contribution is 9.10. The molecule has 1 heterocycles. The van der Waals surface area contributed by atoms with Crippen LogP contribution in [0.1, 0.15) is 18.9 Å². The highest BCUT2D eigenvalue weighted by atomic mass is 79.9. The fraction of sp³-hybridized carbons (Fsp3) is 0.222. The number of rotatable bonds is 3. The van der Waals surface area contributed by atoms with E-state index in [1.165, 1.54) is 0 Å². The van der Waals surface area contributed by atoms with Gasteiger partial charge in [-0.15, -0.1) is 0 Å². The molecule has 118 valence electrons. The van der Waals surface area contributed by atoms with Crippen LogP contribution in [0, 0.1) is 0 Å². The molecule has 0 aromatic heterocycles. The molecule has 0 bridgehead atoms. The Kier molecular flexibility index (Phi) is 4.48. The molecular formula is C18H17BrN2O2. The van der Waals surface area contributed by atoms with Crippen molar-refractivity contribution in [2.75, 3.05) is 10.2 Å². The van der Waals surface area contributed by atoms with Gasteiger partial charge in [0.15, 0.2) is 0 Å². The molecule has 23 heavy (non-hydrogen) atoms. The van der Waals surface area contributed by atoms with E-state index >= 15 is 0 Å². The van der Waals surface area contributed by atoms with E-state index in [1.54, 1.807) is 11.0 Å². The second-order valence-electron chi connectivity index (χ2n) is 5.65. The van der Waals surface area contributed by atoms with Crippen LogP contribution in [0.2, 0.25) is 0 Å². The second-order valence-corrected chi connectivity index (χ2v) is 6.50. The molecule has 2 aromatic carbocycles. The van der Waals surface area contributed by atoms with Gasteiger partial charge in [0.25, 0.3) is 0 Å². The predicted octanol–water partition coefficient (Wildman–Crippen LogP) is 3.76. The molecular weight excluding hydrogens is 356 g/mol. The lowest BCUT2D eigenvalue weighted by Crippen LogP contribution is -2.37. The Labute approximate surface area is 143 Å². The Balaban J connectivity index is 1.70. The fourth-order valence-corrected chi connectivity index (χ4v) is 3.31. The summed E-state index contributed by atoms with van der Waals surface area (Å²) < 4.78 is 0.792. The van der Waals surface area contributed by atoms with Crippen molar-refractivity contribution in [1.82, 2.24) is 0 Å². The highest BCUT2D eigenvalue weighted by Crippen LogP contribution is 2.32. The Hall–Kier alpha value is -2.14. The lowest BCUT2D eigenvalue weighted by molar-refractivity contribution is -0.125. The maximum absolute atomic E-state index is 12.6. The van der Waals surface area contributed by atoms with Gasteiger partial charge in [0.05, 0.1) is 5.69 Å². The van der Waals surface area contributed by atoms with Gasteiger partial charge in [-0.3, -0.25) is 9.59 Å². The summed E-state index contributed by atoms with van der Waals surface area (Å²) in [5, 5.41) is 2.77. The summed E-state index contributed by atoms with van der Waals surface area (Å²) in [7, 11) is 0. The largest absolute Gasteiger partial charge is 0.325 e. The number of carbonyl (C=O) groups excluding carboxylic acids is 2. The Morgan fingerprint density at radius 3 is 2.65 bits per heavy atom. The summed E-state index contributed by atoms with van der Waals surface area (Å²) in [5.41, 5.74) is 2.73. The summed E-state index contributed by atoms with van der Waals surface area (Å²) in [6.45, 7) is 2.00. The highest BCUT2D eigenvalue weighted by Gasteiger charge is 2.31. The van der Waals surface area contributed by atoms with Crippen LogP contribution in [0.25, 0.3) is 0 Å². The zero-order valence-corrected chi connectivity index (χ0v) is 14.3. The third-order valence-corrected chi connectivity index (χ3v) is 4.63. The molecule has 1 N–H and O–H groups in total. The first-order valence-corrected chi connectivity index (χ1v) is 8.30. The van der Waals surface area contributed by atoms with Crippen LogP contribution < -0.4 is 10.2 Å². The number of nitrogens with one attached hydrogen (secondary N) is 1. The van der Waals surface area contributed by atoms with E-state index < -0.39 is 0 Å². The van der Waals surface area contributed by atoms with Crippen LogP contribution >= 0.6 is 15.9 Å². The number of halogens is 1. The summed E-state index contributed by atoms with van der Waals surface area (Å²) in [4.78, 5) is 26.5. The maximum atomic E-state index is 12.6. The average Bonchev–Trinajstić information content (AvgIpc) is 2.85. The SMILES string of the molecule is CC1Cc2ccccc2N1C(=O)CC(=O)Nc1ccccc1Br. The van der Waals surface area contributed by atoms with Gasteiger partial charge in [-0.2, -0.15) is 0 Å². The van der Waals surface area contributed by atoms with Crippen molar-refractivity contribution in [3.63, 3.8) is 0 Å². The zero-order valence-electron chi connectivity index (χ0n) is 12.8. The first kappa shape index (κ1) is 15.7. The third kappa shape index (κ3) is 3.29. The molecule has 5 heteroatoms. The topological polar surface area (TPSA) is 49.4 Å². The molecule has 3 rings (SSSR count). The van der Waals surface area contributed by atoms with Gasteiger partial charge < -0.3 is 10.2 Å². The minimum absolute atomic E-state index is 0.0798. The summed E-state index contributed by atoms with van der Waals surface area (Å²) in [5.74, 6) is -0.481. The first-order chi connectivity index (χ1) is 11.1. The van der Waals surface area contributed by atoms with Gasteiger partial charge >= 0.3 is 0 Å². The van der Waals surface area contributed by atoms with Crippen LogP contribution in [0.5, 0.6) is 0 Å². The molecule has 0 radical (unpaired) electrons. The van der Waals surface area contributed by atoms with Crippen molar-refractivity contribution in [3.05, 3.63) is 58.6 Å². The van der Waals surface area contributed by atoms with E-state index in [0.29, 0.717) is 5.69 Å². The fourth-order valence-electron chi connectivity index (χ4n) is 2.93. The molecule has 2 amide bonds. The molecule has 1 aliphatic heterocycles. The number of fused-ring (bicyclic) bond motifs is 1. The van der Waals surface area contributed by atoms with Gasteiger partial charge in [-0.1, -0.05) is 30.3 Å². The standard InChI is InChI=1S/C18H17BrN2O2/c1-12-10-13-6-2-5-9-16(13)21(12)18(23)11-17(22)20-15-8-4-3-7-14(15)19/h2-9,12H,10-11H2,1H3,(H,20,22). The van der Waals surface area contributed by atoms with Gasteiger partial charge in [0.2, 0.25) is 11.8 Å². The van der Waals surface area contributed by atoms with Crippen LogP contribution in [0.3, 0.4) is 0 Å². The van der Waals surface area contributed by atoms with E-state index in [0.717, 1.165) is 22.1 Å². The van der Waals surface area contributed by atoms with E-state index in [-0.39, 0.29) is 24.3 Å². The summed E-state index contributed by atoms with van der Waals surface area (Å²) >= 11 is 3.38. The van der Waals surface area contributed by atoms with Crippen molar-refractivity contribution in [2.45, 2.75) is 25.8 Å². The molecule has 0 saturated heterocycles. The number of para-hydroxylation sites is 2. The minimum Gasteiger partial charge on any atom is -0.325 e. The molecule has 2 aromatic rings. The zero-order chi connectivity index (χ0) is 16.4. The molecule has 0 spiro atoms. The van der Waals surface area contributed by atoms with E-state index in [2.05, 4.69) is 21.2 Å². The van der Waals surface area contributed by atoms with Crippen LogP contribution in [0.4, 0.5) is 11.4 Å². The Morgan fingerprint density at radius 1 is 1.17 bits per heavy atom. The Bertz CT molecular complexity index is 760. The van der Waals surface area contributed by atoms with E-state index in [4.69, 9.17) is 0 Å². The third-order valence-electron chi connectivity index (χ3n) is 3.94. The molecule has 1 atom stereocenters. The Morgan fingerprint density at radius 2 is 1.87 bits per heavy atom. The molecule has 1 unspecified atom stereocenters. The van der Waals surface area contributed by atoms with Crippen molar-refractivity contribution < 1.29 is 9.59 Å². The van der Waals surface area contributed by atoms with Crippen LogP contribution in [0.15, 0.2) is 53.0 Å². The molecule has 0 fully saturated rings. The van der Waals surface area contributed by atoms with Crippen molar-refractivity contribution in [3.8, 4) is 0 Å². The quantitative estimate of drug-likeness (QED) is 0.833. The monoisotopic (exact) mass is 372 g/mol. The van der Waals surface area contributed by atoms with Crippen LogP contribution in [-0.4, -0.2) is 17.9 Å². The lowest BCUT2D eigenvalue weighted by Gasteiger charge is -2.22. The summed E-state index contributed by atoms with van der Waals surface area (Å²) in [6, 6.07) is 15.3. The molecule has 0 aliphatic carbocycles. The van der Waals surface area contributed by atoms with E-state index in [1.807, 2.05) is 49.4 Å². The minimum atomic E-state index is -0.307. The second kappa shape index (κ2) is 6.54. The molecule has 0 saturated carbocycles. The predicted molar refractivity (Wildman–Crippen MR) is 94.5 cm³/mol. The summed E-state index contributed by atoms with van der Waals surface area (Å²) in [6.07, 6.45) is 0.660. The smallest absolute Gasteiger partial charge is 0.236 e. The van der Waals surface area contributed by atoms with Gasteiger partial charge in [0, 0.05) is 16.2 Å². The molecule has 1 aliphatic rings. The number of carbonyl (C=O) groups is 2. The lowest BCUT2D eigenvalue weighted by atomic mass is 10.1. The van der Waals surface area contributed by atoms with Crippen molar-refractivity contribution >= 4 is 39.1 Å². The average molecular weight is 373 g/mol. The number of hydrogen-bond donors (Lipinski definition) is 1. The van der Waals surface area contributed by atoms with Crippen LogP contribution in [-0.2, 0) is 16.0 Å². The first-order valence-electron chi connectivity index (χ1n) is 7.50. The van der Waals surface area contributed by atoms with Gasteiger partial charge in [0.1, 0.15) is 6.42 Å². The number of anilines is 2. The maximum Gasteiger partial charge on any atom is 0.236 e. The number of nitrogens with zero attached hydrogens (tertiary/aromatic N) is 1. The van der Waals surface area contributed by atoms with Gasteiger partial charge in [-0.05, 0) is 53.0 Å².